The first kappa shape index (κ1) is 13.7. The fraction of sp³-hybridized carbons (Fsp3) is 0.417. The highest BCUT2D eigenvalue weighted by atomic mass is 16.4. The average molecular weight is 209 g/mol. The molecule has 0 amide bonds. The first-order valence-electron chi connectivity index (χ1n) is 5.07. The number of carboxylic acid groups (broad SMARTS) is 1. The molecule has 0 heterocycles. The van der Waals surface area contributed by atoms with E-state index in [1.807, 2.05) is 25.1 Å². The molecule has 0 bridgehead atoms. The van der Waals surface area contributed by atoms with Crippen LogP contribution in [0.2, 0.25) is 0 Å². The molecule has 1 atom stereocenters. The van der Waals surface area contributed by atoms with Crippen LogP contribution in [0.3, 0.4) is 0 Å². The van der Waals surface area contributed by atoms with Gasteiger partial charge in [0.1, 0.15) is 0 Å². The van der Waals surface area contributed by atoms with Crippen molar-refractivity contribution >= 4 is 5.97 Å². The van der Waals surface area contributed by atoms with E-state index < -0.39 is 5.97 Å². The Morgan fingerprint density at radius 3 is 2.20 bits per heavy atom. The molecule has 0 aliphatic carbocycles. The molecular weight excluding hydrogens is 190 g/mol. The summed E-state index contributed by atoms with van der Waals surface area (Å²) < 4.78 is 0. The van der Waals surface area contributed by atoms with Crippen LogP contribution in [-0.4, -0.2) is 17.1 Å². The van der Waals surface area contributed by atoms with Crippen molar-refractivity contribution in [3.63, 3.8) is 0 Å². The van der Waals surface area contributed by atoms with Crippen LogP contribution in [0.15, 0.2) is 30.3 Å². The van der Waals surface area contributed by atoms with Gasteiger partial charge in [-0.25, -0.2) is 0 Å². The lowest BCUT2D eigenvalue weighted by Crippen LogP contribution is -2.17. The van der Waals surface area contributed by atoms with Crippen LogP contribution in [-0.2, 0) is 11.2 Å². The van der Waals surface area contributed by atoms with Crippen LogP contribution in [0.4, 0.5) is 0 Å². The molecule has 1 rings (SSSR count). The first-order valence-corrected chi connectivity index (χ1v) is 5.07. The zero-order valence-corrected chi connectivity index (χ0v) is 9.31. The summed E-state index contributed by atoms with van der Waals surface area (Å²) >= 11 is 0. The zero-order valence-electron chi connectivity index (χ0n) is 9.31. The van der Waals surface area contributed by atoms with E-state index in [9.17, 15) is 4.79 Å². The Morgan fingerprint density at radius 2 is 1.87 bits per heavy atom. The lowest BCUT2D eigenvalue weighted by atomic mass is 10.1. The Labute approximate surface area is 90.9 Å². The van der Waals surface area contributed by atoms with Gasteiger partial charge in [0.25, 0.3) is 0 Å². The number of hydrogen-bond acceptors (Lipinski definition) is 2. The molecule has 3 N–H and O–H groups in total. The maximum atomic E-state index is 9.37. The highest BCUT2D eigenvalue weighted by Gasteiger charge is 1.94. The Bertz CT molecular complexity index is 270. The molecule has 1 aromatic carbocycles. The number of aliphatic carboxylic acids is 1. The second kappa shape index (κ2) is 8.00. The van der Waals surface area contributed by atoms with Gasteiger partial charge in [-0.05, 0) is 18.9 Å². The van der Waals surface area contributed by atoms with Gasteiger partial charge in [-0.15, -0.1) is 0 Å². The fourth-order valence-electron chi connectivity index (χ4n) is 0.986. The Kier molecular flexibility index (Phi) is 7.28. The molecule has 0 fully saturated rings. The van der Waals surface area contributed by atoms with E-state index in [1.165, 1.54) is 5.56 Å². The number of nitrogens with two attached hydrogens (primary N) is 1. The van der Waals surface area contributed by atoms with Crippen molar-refractivity contribution in [2.45, 2.75) is 32.7 Å². The van der Waals surface area contributed by atoms with E-state index in [0.29, 0.717) is 0 Å². The summed E-state index contributed by atoms with van der Waals surface area (Å²) in [5.74, 6) is -0.745. The van der Waals surface area contributed by atoms with Gasteiger partial charge >= 0.3 is 5.97 Å². The molecule has 0 aliphatic heterocycles. The summed E-state index contributed by atoms with van der Waals surface area (Å²) in [6.45, 7) is 3.62. The minimum absolute atomic E-state index is 0.222. The van der Waals surface area contributed by atoms with Crippen molar-refractivity contribution in [3.8, 4) is 0 Å². The molecule has 1 aromatic rings. The van der Waals surface area contributed by atoms with E-state index in [0.717, 1.165) is 6.42 Å². The molecular formula is C12H19NO2. The van der Waals surface area contributed by atoms with Gasteiger partial charge in [0.2, 0.25) is 0 Å². The molecule has 3 heteroatoms. The topological polar surface area (TPSA) is 63.3 Å². The SMILES string of the molecule is CC(N)Cc1ccccc1.CCC(=O)O. The monoisotopic (exact) mass is 209 g/mol. The van der Waals surface area contributed by atoms with Crippen molar-refractivity contribution < 1.29 is 9.90 Å². The number of hydrogen-bond donors (Lipinski definition) is 2. The van der Waals surface area contributed by atoms with Gasteiger partial charge in [-0.1, -0.05) is 37.3 Å². The van der Waals surface area contributed by atoms with Crippen molar-refractivity contribution in [1.82, 2.24) is 0 Å². The van der Waals surface area contributed by atoms with Gasteiger partial charge in [-0.3, -0.25) is 4.79 Å². The molecule has 0 saturated heterocycles. The van der Waals surface area contributed by atoms with Gasteiger partial charge in [-0.2, -0.15) is 0 Å². The standard InChI is InChI=1S/C9H13N.C3H6O2/c1-8(10)7-9-5-3-2-4-6-9;1-2-3(4)5/h2-6,8H,7,10H2,1H3;2H2,1H3,(H,4,5). The molecule has 1 unspecified atom stereocenters. The molecule has 15 heavy (non-hydrogen) atoms. The Hall–Kier alpha value is -1.35. The van der Waals surface area contributed by atoms with Gasteiger partial charge in [0, 0.05) is 12.5 Å². The fourth-order valence-corrected chi connectivity index (χ4v) is 0.986. The van der Waals surface area contributed by atoms with Crippen molar-refractivity contribution in [3.05, 3.63) is 35.9 Å². The third kappa shape index (κ3) is 8.97. The van der Waals surface area contributed by atoms with Crippen molar-refractivity contribution in [2.24, 2.45) is 5.73 Å². The predicted octanol–water partition coefficient (Wildman–Crippen LogP) is 2.06. The number of carboxylic acids is 1. The first-order chi connectivity index (χ1) is 7.06. The largest absolute Gasteiger partial charge is 0.481 e. The van der Waals surface area contributed by atoms with E-state index in [4.69, 9.17) is 10.8 Å². The molecule has 0 aliphatic rings. The highest BCUT2D eigenvalue weighted by molar-refractivity contribution is 5.66. The Balaban J connectivity index is 0.000000336. The summed E-state index contributed by atoms with van der Waals surface area (Å²) in [6.07, 6.45) is 1.20. The third-order valence-corrected chi connectivity index (χ3v) is 1.70. The van der Waals surface area contributed by atoms with Crippen molar-refractivity contribution in [1.29, 1.82) is 0 Å². The molecule has 0 saturated carbocycles. The highest BCUT2D eigenvalue weighted by Crippen LogP contribution is 2.00. The molecule has 0 radical (unpaired) electrons. The van der Waals surface area contributed by atoms with E-state index in [2.05, 4.69) is 12.1 Å². The molecule has 0 aromatic heterocycles. The molecule has 0 spiro atoms. The van der Waals surface area contributed by atoms with E-state index in [1.54, 1.807) is 6.92 Å². The second-order valence-corrected chi connectivity index (χ2v) is 3.41. The summed E-state index contributed by atoms with van der Waals surface area (Å²) in [6, 6.07) is 10.6. The van der Waals surface area contributed by atoms with E-state index >= 15 is 0 Å². The number of benzene rings is 1. The average Bonchev–Trinajstić information content (AvgIpc) is 2.19. The third-order valence-electron chi connectivity index (χ3n) is 1.70. The number of rotatable bonds is 3. The van der Waals surface area contributed by atoms with Crippen LogP contribution >= 0.6 is 0 Å². The number of carbonyl (C=O) groups is 1. The van der Waals surface area contributed by atoms with E-state index in [-0.39, 0.29) is 12.5 Å². The quantitative estimate of drug-likeness (QED) is 0.801. The van der Waals surface area contributed by atoms with Crippen LogP contribution in [0.5, 0.6) is 0 Å². The van der Waals surface area contributed by atoms with Crippen LogP contribution in [0, 0.1) is 0 Å². The lowest BCUT2D eigenvalue weighted by Gasteiger charge is -2.02. The van der Waals surface area contributed by atoms with Crippen LogP contribution in [0.1, 0.15) is 25.8 Å². The summed E-state index contributed by atoms with van der Waals surface area (Å²) in [5.41, 5.74) is 6.94. The normalized spacial score (nSPS) is 11.1. The lowest BCUT2D eigenvalue weighted by molar-refractivity contribution is -0.136. The van der Waals surface area contributed by atoms with Gasteiger partial charge < -0.3 is 10.8 Å². The maximum absolute atomic E-state index is 9.37. The summed E-state index contributed by atoms with van der Waals surface area (Å²) in [7, 11) is 0. The zero-order chi connectivity index (χ0) is 11.7. The minimum atomic E-state index is -0.745. The maximum Gasteiger partial charge on any atom is 0.303 e. The molecule has 3 nitrogen and oxygen atoms in total. The van der Waals surface area contributed by atoms with Crippen molar-refractivity contribution in [2.75, 3.05) is 0 Å². The van der Waals surface area contributed by atoms with Gasteiger partial charge in [0.15, 0.2) is 0 Å². The smallest absolute Gasteiger partial charge is 0.303 e. The van der Waals surface area contributed by atoms with Gasteiger partial charge in [0.05, 0.1) is 0 Å². The predicted molar refractivity (Wildman–Crippen MR) is 61.7 cm³/mol. The Morgan fingerprint density at radius 1 is 1.40 bits per heavy atom. The summed E-state index contributed by atoms with van der Waals surface area (Å²) in [5, 5.41) is 7.72. The van der Waals surface area contributed by atoms with Crippen LogP contribution in [0.25, 0.3) is 0 Å². The second-order valence-electron chi connectivity index (χ2n) is 3.41. The minimum Gasteiger partial charge on any atom is -0.481 e. The molecule has 84 valence electrons. The summed E-state index contributed by atoms with van der Waals surface area (Å²) in [4.78, 5) is 9.37. The van der Waals surface area contributed by atoms with Crippen LogP contribution < -0.4 is 5.73 Å².